The highest BCUT2D eigenvalue weighted by Gasteiger charge is 2.25. The summed E-state index contributed by atoms with van der Waals surface area (Å²) in [6.45, 7) is 4.13. The molecule has 88 valence electrons. The van der Waals surface area contributed by atoms with Crippen molar-refractivity contribution in [3.05, 3.63) is 0 Å². The van der Waals surface area contributed by atoms with Crippen molar-refractivity contribution in [1.29, 1.82) is 0 Å². The molecule has 0 aromatic carbocycles. The molecule has 0 heterocycles. The van der Waals surface area contributed by atoms with Crippen LogP contribution in [0.2, 0.25) is 0 Å². The molecule has 1 rings (SSSR count). The minimum absolute atomic E-state index is 0.164. The van der Waals surface area contributed by atoms with Crippen molar-refractivity contribution in [1.82, 2.24) is 5.32 Å². The van der Waals surface area contributed by atoms with Crippen LogP contribution < -0.4 is 11.1 Å². The standard InChI is InChI=1S/C12H24N2O/c1-3-9(4-2)12(15)14-11-8-6-5-7-10(11)13/h9-11H,3-8,13H2,1-2H3,(H,14,15). The summed E-state index contributed by atoms with van der Waals surface area (Å²) in [5.74, 6) is 0.362. The number of hydrogen-bond acceptors (Lipinski definition) is 2. The first-order chi connectivity index (χ1) is 7.19. The van der Waals surface area contributed by atoms with Crippen LogP contribution >= 0.6 is 0 Å². The summed E-state index contributed by atoms with van der Waals surface area (Å²) in [5.41, 5.74) is 6.00. The molecule has 0 spiro atoms. The first kappa shape index (κ1) is 12.5. The average Bonchev–Trinajstić information content (AvgIpc) is 2.23. The average molecular weight is 212 g/mol. The van der Waals surface area contributed by atoms with Gasteiger partial charge in [0.15, 0.2) is 0 Å². The lowest BCUT2D eigenvalue weighted by Gasteiger charge is -2.30. The maximum Gasteiger partial charge on any atom is 0.223 e. The second-order valence-corrected chi connectivity index (χ2v) is 4.58. The van der Waals surface area contributed by atoms with E-state index in [2.05, 4.69) is 19.2 Å². The zero-order valence-electron chi connectivity index (χ0n) is 9.96. The van der Waals surface area contributed by atoms with Crippen LogP contribution in [0.25, 0.3) is 0 Å². The van der Waals surface area contributed by atoms with E-state index in [-0.39, 0.29) is 23.9 Å². The van der Waals surface area contributed by atoms with E-state index in [1.54, 1.807) is 0 Å². The third-order valence-corrected chi connectivity index (χ3v) is 3.50. The summed E-state index contributed by atoms with van der Waals surface area (Å²) < 4.78 is 0. The molecule has 1 fully saturated rings. The van der Waals surface area contributed by atoms with Crippen LogP contribution in [0.5, 0.6) is 0 Å². The fourth-order valence-corrected chi connectivity index (χ4v) is 2.30. The van der Waals surface area contributed by atoms with Crippen molar-refractivity contribution in [2.45, 2.75) is 64.5 Å². The van der Waals surface area contributed by atoms with Crippen molar-refractivity contribution in [3.63, 3.8) is 0 Å². The first-order valence-corrected chi connectivity index (χ1v) is 6.25. The molecular weight excluding hydrogens is 188 g/mol. The molecule has 2 atom stereocenters. The third-order valence-electron chi connectivity index (χ3n) is 3.50. The zero-order valence-corrected chi connectivity index (χ0v) is 9.96. The summed E-state index contributed by atoms with van der Waals surface area (Å²) in [6, 6.07) is 0.379. The highest BCUT2D eigenvalue weighted by Crippen LogP contribution is 2.18. The lowest BCUT2D eigenvalue weighted by atomic mass is 9.90. The summed E-state index contributed by atoms with van der Waals surface area (Å²) in [7, 11) is 0. The molecule has 0 aliphatic heterocycles. The Hall–Kier alpha value is -0.570. The third kappa shape index (κ3) is 3.49. The SMILES string of the molecule is CCC(CC)C(=O)NC1CCCCC1N. The molecule has 2 unspecified atom stereocenters. The molecule has 15 heavy (non-hydrogen) atoms. The van der Waals surface area contributed by atoms with E-state index in [9.17, 15) is 4.79 Å². The van der Waals surface area contributed by atoms with Gasteiger partial charge in [-0.1, -0.05) is 26.7 Å². The van der Waals surface area contributed by atoms with E-state index < -0.39 is 0 Å². The van der Waals surface area contributed by atoms with Gasteiger partial charge >= 0.3 is 0 Å². The van der Waals surface area contributed by atoms with Crippen molar-refractivity contribution in [3.8, 4) is 0 Å². The van der Waals surface area contributed by atoms with Gasteiger partial charge in [-0.25, -0.2) is 0 Å². The number of nitrogens with two attached hydrogens (primary N) is 1. The second-order valence-electron chi connectivity index (χ2n) is 4.58. The normalized spacial score (nSPS) is 26.7. The van der Waals surface area contributed by atoms with E-state index >= 15 is 0 Å². The lowest BCUT2D eigenvalue weighted by Crippen LogP contribution is -2.50. The molecule has 1 aliphatic carbocycles. The Morgan fingerprint density at radius 3 is 2.47 bits per heavy atom. The minimum atomic E-state index is 0.164. The summed E-state index contributed by atoms with van der Waals surface area (Å²) in [5, 5.41) is 3.11. The Morgan fingerprint density at radius 1 is 1.33 bits per heavy atom. The molecule has 0 aromatic rings. The van der Waals surface area contributed by atoms with E-state index in [0.29, 0.717) is 0 Å². The Bertz CT molecular complexity index is 202. The monoisotopic (exact) mass is 212 g/mol. The molecule has 0 bridgehead atoms. The number of nitrogens with one attached hydrogen (secondary N) is 1. The van der Waals surface area contributed by atoms with Crippen LogP contribution in [-0.4, -0.2) is 18.0 Å². The molecule has 0 saturated heterocycles. The van der Waals surface area contributed by atoms with E-state index in [1.165, 1.54) is 12.8 Å². The van der Waals surface area contributed by atoms with Gasteiger partial charge in [0.1, 0.15) is 0 Å². The van der Waals surface area contributed by atoms with E-state index in [0.717, 1.165) is 25.7 Å². The predicted molar refractivity (Wildman–Crippen MR) is 62.4 cm³/mol. The smallest absolute Gasteiger partial charge is 0.223 e. The Labute approximate surface area is 92.8 Å². The van der Waals surface area contributed by atoms with Gasteiger partial charge in [0.05, 0.1) is 0 Å². The molecule has 1 amide bonds. The highest BCUT2D eigenvalue weighted by molar-refractivity contribution is 5.78. The van der Waals surface area contributed by atoms with Crippen molar-refractivity contribution in [2.75, 3.05) is 0 Å². The van der Waals surface area contributed by atoms with Crippen LogP contribution in [-0.2, 0) is 4.79 Å². The summed E-state index contributed by atoms with van der Waals surface area (Å²) in [4.78, 5) is 11.9. The summed E-state index contributed by atoms with van der Waals surface area (Å²) >= 11 is 0. The Morgan fingerprint density at radius 2 is 1.93 bits per heavy atom. The van der Waals surface area contributed by atoms with Crippen LogP contribution in [0, 0.1) is 5.92 Å². The molecular formula is C12H24N2O. The van der Waals surface area contributed by atoms with Gasteiger partial charge in [-0.15, -0.1) is 0 Å². The van der Waals surface area contributed by atoms with Crippen LogP contribution in [0.1, 0.15) is 52.4 Å². The van der Waals surface area contributed by atoms with Crippen LogP contribution in [0.4, 0.5) is 0 Å². The first-order valence-electron chi connectivity index (χ1n) is 6.25. The van der Waals surface area contributed by atoms with E-state index in [4.69, 9.17) is 5.73 Å². The maximum atomic E-state index is 11.9. The highest BCUT2D eigenvalue weighted by atomic mass is 16.1. The van der Waals surface area contributed by atoms with Crippen molar-refractivity contribution in [2.24, 2.45) is 11.7 Å². The van der Waals surface area contributed by atoms with Gasteiger partial charge in [-0.3, -0.25) is 4.79 Å². The lowest BCUT2D eigenvalue weighted by molar-refractivity contribution is -0.126. The number of rotatable bonds is 4. The fraction of sp³-hybridized carbons (Fsp3) is 0.917. The molecule has 3 N–H and O–H groups in total. The van der Waals surface area contributed by atoms with Gasteiger partial charge in [0.25, 0.3) is 0 Å². The van der Waals surface area contributed by atoms with Gasteiger partial charge in [-0.2, -0.15) is 0 Å². The molecule has 0 radical (unpaired) electrons. The molecule has 1 saturated carbocycles. The number of hydrogen-bond donors (Lipinski definition) is 2. The topological polar surface area (TPSA) is 55.1 Å². The Kier molecular flexibility index (Phi) is 5.09. The number of carbonyl (C=O) groups is 1. The van der Waals surface area contributed by atoms with Gasteiger partial charge in [-0.05, 0) is 25.7 Å². The quantitative estimate of drug-likeness (QED) is 0.746. The van der Waals surface area contributed by atoms with Gasteiger partial charge in [0.2, 0.25) is 5.91 Å². The number of amides is 1. The molecule has 3 nitrogen and oxygen atoms in total. The second kappa shape index (κ2) is 6.11. The minimum Gasteiger partial charge on any atom is -0.352 e. The summed E-state index contributed by atoms with van der Waals surface area (Å²) in [6.07, 6.45) is 6.34. The van der Waals surface area contributed by atoms with Crippen molar-refractivity contribution >= 4 is 5.91 Å². The van der Waals surface area contributed by atoms with Gasteiger partial charge < -0.3 is 11.1 Å². The van der Waals surface area contributed by atoms with Crippen molar-refractivity contribution < 1.29 is 4.79 Å². The van der Waals surface area contributed by atoms with Crippen LogP contribution in [0.15, 0.2) is 0 Å². The predicted octanol–water partition coefficient (Wildman–Crippen LogP) is 1.81. The fourth-order valence-electron chi connectivity index (χ4n) is 2.30. The Balaban J connectivity index is 2.41. The van der Waals surface area contributed by atoms with Gasteiger partial charge in [0, 0.05) is 18.0 Å². The molecule has 1 aliphatic rings. The van der Waals surface area contributed by atoms with Crippen LogP contribution in [0.3, 0.4) is 0 Å². The molecule has 0 aromatic heterocycles. The largest absolute Gasteiger partial charge is 0.352 e. The maximum absolute atomic E-state index is 11.9. The number of carbonyl (C=O) groups excluding carboxylic acids is 1. The zero-order chi connectivity index (χ0) is 11.3. The van der Waals surface area contributed by atoms with E-state index in [1.807, 2.05) is 0 Å². The molecule has 3 heteroatoms.